The van der Waals surface area contributed by atoms with Crippen molar-refractivity contribution < 1.29 is 23.7 Å². The summed E-state index contributed by atoms with van der Waals surface area (Å²) in [4.78, 5) is 12.5. The Morgan fingerprint density at radius 3 is 2.03 bits per heavy atom. The molecular formula is C27H27NO5. The lowest BCUT2D eigenvalue weighted by Gasteiger charge is -2.13. The van der Waals surface area contributed by atoms with Crippen molar-refractivity contribution in [3.63, 3.8) is 0 Å². The lowest BCUT2D eigenvalue weighted by Crippen LogP contribution is -2.09. The highest BCUT2D eigenvalue weighted by molar-refractivity contribution is 6.03. The van der Waals surface area contributed by atoms with Gasteiger partial charge in [-0.15, -0.1) is 0 Å². The Morgan fingerprint density at radius 1 is 0.727 bits per heavy atom. The highest BCUT2D eigenvalue weighted by Crippen LogP contribution is 2.38. The molecule has 0 bridgehead atoms. The van der Waals surface area contributed by atoms with Crippen LogP contribution in [0.2, 0.25) is 0 Å². The molecule has 6 heteroatoms. The summed E-state index contributed by atoms with van der Waals surface area (Å²) in [6.45, 7) is 0. The van der Waals surface area contributed by atoms with Crippen molar-refractivity contribution in [2.45, 2.75) is 0 Å². The minimum absolute atomic E-state index is 0.230. The Labute approximate surface area is 194 Å². The number of methoxy groups -OCH3 is 4. The number of rotatable bonds is 9. The average Bonchev–Trinajstić information content (AvgIpc) is 2.86. The minimum Gasteiger partial charge on any atom is -0.497 e. The van der Waals surface area contributed by atoms with Crippen LogP contribution in [-0.2, 0) is 4.79 Å². The normalized spacial score (nSPS) is 10.9. The van der Waals surface area contributed by atoms with Crippen LogP contribution in [0.4, 0.5) is 5.69 Å². The van der Waals surface area contributed by atoms with Gasteiger partial charge < -0.3 is 24.3 Å². The number of carbonyl (C=O) groups excluding carboxylic acids is 1. The summed E-state index contributed by atoms with van der Waals surface area (Å²) in [7, 11) is 6.31. The number of hydrogen-bond acceptors (Lipinski definition) is 5. The van der Waals surface area contributed by atoms with Gasteiger partial charge in [0.05, 0.1) is 28.4 Å². The van der Waals surface area contributed by atoms with Gasteiger partial charge in [-0.1, -0.05) is 42.5 Å². The Balaban J connectivity index is 1.87. The van der Waals surface area contributed by atoms with Crippen LogP contribution in [0.25, 0.3) is 18.2 Å². The highest BCUT2D eigenvalue weighted by atomic mass is 16.5. The lowest BCUT2D eigenvalue weighted by atomic mass is 10.1. The molecule has 6 nitrogen and oxygen atoms in total. The van der Waals surface area contributed by atoms with E-state index in [2.05, 4.69) is 5.32 Å². The number of nitrogens with one attached hydrogen (secondary N) is 1. The predicted octanol–water partition coefficient (Wildman–Crippen LogP) is 5.54. The van der Waals surface area contributed by atoms with Gasteiger partial charge in [-0.2, -0.15) is 0 Å². The number of benzene rings is 3. The van der Waals surface area contributed by atoms with Gasteiger partial charge >= 0.3 is 0 Å². The summed E-state index contributed by atoms with van der Waals surface area (Å²) in [5, 5.41) is 2.93. The van der Waals surface area contributed by atoms with Crippen LogP contribution < -0.4 is 24.3 Å². The maximum absolute atomic E-state index is 12.5. The molecule has 3 rings (SSSR count). The number of amides is 1. The van der Waals surface area contributed by atoms with Crippen LogP contribution in [0.1, 0.15) is 16.7 Å². The minimum atomic E-state index is -0.230. The SMILES string of the molecule is COc1ccc(NC(=O)/C=C/c2ccccc2)c(/C=C/c2cc(OC)c(OC)c(OC)c2)c1. The van der Waals surface area contributed by atoms with Gasteiger partial charge in [0.15, 0.2) is 11.5 Å². The standard InChI is InChI=1S/C27H27NO5/c1-30-22-13-14-23(28-26(29)15-11-19-8-6-5-7-9-19)21(18-22)12-10-20-16-24(31-2)27(33-4)25(17-20)32-3/h5-18H,1-4H3,(H,28,29)/b12-10+,15-11+. The quantitative estimate of drug-likeness (QED) is 0.346. The van der Waals surface area contributed by atoms with Crippen molar-refractivity contribution in [2.24, 2.45) is 0 Å². The van der Waals surface area contributed by atoms with E-state index in [1.807, 2.05) is 66.7 Å². The molecule has 0 saturated carbocycles. The van der Waals surface area contributed by atoms with Gasteiger partial charge in [0.25, 0.3) is 0 Å². The first-order chi connectivity index (χ1) is 16.1. The molecule has 0 fully saturated rings. The van der Waals surface area contributed by atoms with E-state index in [1.54, 1.807) is 40.6 Å². The monoisotopic (exact) mass is 445 g/mol. The van der Waals surface area contributed by atoms with E-state index in [4.69, 9.17) is 18.9 Å². The molecule has 0 spiro atoms. The topological polar surface area (TPSA) is 66.0 Å². The second-order valence-corrected chi connectivity index (χ2v) is 6.98. The summed E-state index contributed by atoms with van der Waals surface area (Å²) in [5.74, 6) is 2.09. The van der Waals surface area contributed by atoms with Gasteiger partial charge in [-0.25, -0.2) is 0 Å². The molecule has 3 aromatic carbocycles. The Morgan fingerprint density at radius 2 is 1.42 bits per heavy atom. The fraction of sp³-hybridized carbons (Fsp3) is 0.148. The van der Waals surface area contributed by atoms with Crippen LogP contribution in [-0.4, -0.2) is 34.3 Å². The van der Waals surface area contributed by atoms with Crippen molar-refractivity contribution in [1.29, 1.82) is 0 Å². The van der Waals surface area contributed by atoms with Crippen LogP contribution in [0.3, 0.4) is 0 Å². The smallest absolute Gasteiger partial charge is 0.248 e. The van der Waals surface area contributed by atoms with Crippen LogP contribution >= 0.6 is 0 Å². The summed E-state index contributed by atoms with van der Waals surface area (Å²) < 4.78 is 21.6. The zero-order valence-electron chi connectivity index (χ0n) is 19.1. The molecule has 0 unspecified atom stereocenters. The number of carbonyl (C=O) groups is 1. The molecule has 3 aromatic rings. The van der Waals surface area contributed by atoms with E-state index in [0.717, 1.165) is 16.7 Å². The molecule has 0 saturated heterocycles. The number of ether oxygens (including phenoxy) is 4. The summed E-state index contributed by atoms with van der Waals surface area (Å²) in [6.07, 6.45) is 7.06. The van der Waals surface area contributed by atoms with E-state index in [-0.39, 0.29) is 5.91 Å². The molecule has 33 heavy (non-hydrogen) atoms. The third kappa shape index (κ3) is 6.17. The molecule has 0 aliphatic rings. The first kappa shape index (κ1) is 23.5. The van der Waals surface area contributed by atoms with Gasteiger partial charge in [0, 0.05) is 17.3 Å². The summed E-state index contributed by atoms with van der Waals surface area (Å²) >= 11 is 0. The van der Waals surface area contributed by atoms with Gasteiger partial charge in [0.2, 0.25) is 11.7 Å². The molecule has 1 N–H and O–H groups in total. The zero-order valence-corrected chi connectivity index (χ0v) is 19.1. The molecular weight excluding hydrogens is 418 g/mol. The number of anilines is 1. The number of hydrogen-bond donors (Lipinski definition) is 1. The van der Waals surface area contributed by atoms with Gasteiger partial charge in [0.1, 0.15) is 5.75 Å². The Hall–Kier alpha value is -4.19. The van der Waals surface area contributed by atoms with Gasteiger partial charge in [-0.05, 0) is 47.5 Å². The second-order valence-electron chi connectivity index (χ2n) is 6.98. The van der Waals surface area contributed by atoms with Crippen LogP contribution in [0, 0.1) is 0 Å². The van der Waals surface area contributed by atoms with Crippen LogP contribution in [0.5, 0.6) is 23.0 Å². The van der Waals surface area contributed by atoms with Gasteiger partial charge in [-0.3, -0.25) is 4.79 Å². The van der Waals surface area contributed by atoms with E-state index in [1.165, 1.54) is 6.08 Å². The van der Waals surface area contributed by atoms with E-state index in [0.29, 0.717) is 28.7 Å². The third-order valence-electron chi connectivity index (χ3n) is 4.89. The molecule has 0 aromatic heterocycles. The molecule has 170 valence electrons. The average molecular weight is 446 g/mol. The summed E-state index contributed by atoms with van der Waals surface area (Å²) in [5.41, 5.74) is 3.23. The van der Waals surface area contributed by atoms with E-state index < -0.39 is 0 Å². The maximum atomic E-state index is 12.5. The second kappa shape index (κ2) is 11.4. The van der Waals surface area contributed by atoms with Crippen molar-refractivity contribution >= 4 is 29.8 Å². The van der Waals surface area contributed by atoms with E-state index in [9.17, 15) is 4.79 Å². The first-order valence-electron chi connectivity index (χ1n) is 10.3. The summed E-state index contributed by atoms with van der Waals surface area (Å²) in [6, 6.07) is 18.8. The maximum Gasteiger partial charge on any atom is 0.248 e. The zero-order chi connectivity index (χ0) is 23.6. The third-order valence-corrected chi connectivity index (χ3v) is 4.89. The van der Waals surface area contributed by atoms with Crippen molar-refractivity contribution in [3.8, 4) is 23.0 Å². The molecule has 0 aliphatic carbocycles. The molecule has 0 radical (unpaired) electrons. The molecule has 0 atom stereocenters. The lowest BCUT2D eigenvalue weighted by molar-refractivity contribution is -0.111. The van der Waals surface area contributed by atoms with Crippen molar-refractivity contribution in [3.05, 3.63) is 83.4 Å². The molecule has 0 aliphatic heterocycles. The first-order valence-corrected chi connectivity index (χ1v) is 10.3. The highest BCUT2D eigenvalue weighted by Gasteiger charge is 2.12. The Kier molecular flexibility index (Phi) is 8.13. The van der Waals surface area contributed by atoms with Crippen molar-refractivity contribution in [2.75, 3.05) is 33.8 Å². The largest absolute Gasteiger partial charge is 0.497 e. The van der Waals surface area contributed by atoms with Crippen LogP contribution in [0.15, 0.2) is 66.7 Å². The fourth-order valence-electron chi connectivity index (χ4n) is 3.21. The molecule has 0 heterocycles. The molecule has 1 amide bonds. The predicted molar refractivity (Wildman–Crippen MR) is 132 cm³/mol. The van der Waals surface area contributed by atoms with Crippen molar-refractivity contribution in [1.82, 2.24) is 0 Å². The fourth-order valence-corrected chi connectivity index (χ4v) is 3.21. The van der Waals surface area contributed by atoms with E-state index >= 15 is 0 Å². The Bertz CT molecular complexity index is 1130.